The van der Waals surface area contributed by atoms with Gasteiger partial charge in [-0.1, -0.05) is 26.0 Å². The van der Waals surface area contributed by atoms with Crippen molar-refractivity contribution in [1.82, 2.24) is 10.6 Å². The molecule has 0 fully saturated rings. The van der Waals surface area contributed by atoms with Crippen molar-refractivity contribution in [3.05, 3.63) is 54.0 Å². The number of furan rings is 1. The van der Waals surface area contributed by atoms with E-state index in [-0.39, 0.29) is 30.8 Å². The zero-order chi connectivity index (χ0) is 19.9. The summed E-state index contributed by atoms with van der Waals surface area (Å²) >= 11 is 0. The Bertz CT molecular complexity index is 824. The Morgan fingerprint density at radius 1 is 1.22 bits per heavy atom. The lowest BCUT2D eigenvalue weighted by molar-refractivity contribution is -0.121. The molecule has 1 unspecified atom stereocenters. The van der Waals surface area contributed by atoms with Crippen molar-refractivity contribution in [2.24, 2.45) is 5.92 Å². The zero-order valence-electron chi connectivity index (χ0n) is 15.7. The molecule has 7 nitrogen and oxygen atoms in total. The van der Waals surface area contributed by atoms with Crippen LogP contribution in [0.3, 0.4) is 0 Å². The number of amides is 2. The van der Waals surface area contributed by atoms with Crippen LogP contribution in [-0.2, 0) is 11.3 Å². The molecule has 0 radical (unpaired) electrons. The van der Waals surface area contributed by atoms with Crippen molar-refractivity contribution >= 4 is 17.5 Å². The number of carbonyl (C=O) groups is 2. The Kier molecular flexibility index (Phi) is 6.61. The van der Waals surface area contributed by atoms with Crippen molar-refractivity contribution in [3.63, 3.8) is 0 Å². The van der Waals surface area contributed by atoms with Gasteiger partial charge in [-0.15, -0.1) is 0 Å². The van der Waals surface area contributed by atoms with Gasteiger partial charge in [0.2, 0.25) is 5.91 Å². The third-order valence-corrected chi connectivity index (χ3v) is 4.40. The molecule has 1 heterocycles. The maximum Gasteiger partial charge on any atom is 0.253 e. The summed E-state index contributed by atoms with van der Waals surface area (Å²) in [5.41, 5.74) is 0.00941. The SMILES string of the molecule is CC(C)C(C)(C#N)NC(=O)CNc1ccccc1C(=O)NCc1ccco1. The van der Waals surface area contributed by atoms with Crippen LogP contribution in [0.2, 0.25) is 0 Å². The van der Waals surface area contributed by atoms with E-state index in [1.54, 1.807) is 49.6 Å². The molecule has 27 heavy (non-hydrogen) atoms. The molecular formula is C20H24N4O3. The highest BCUT2D eigenvalue weighted by atomic mass is 16.3. The summed E-state index contributed by atoms with van der Waals surface area (Å²) in [5, 5.41) is 17.8. The summed E-state index contributed by atoms with van der Waals surface area (Å²) < 4.78 is 5.20. The highest BCUT2D eigenvalue weighted by molar-refractivity contribution is 6.00. The summed E-state index contributed by atoms with van der Waals surface area (Å²) in [6.45, 7) is 5.65. The molecule has 142 valence electrons. The smallest absolute Gasteiger partial charge is 0.253 e. The van der Waals surface area contributed by atoms with Crippen LogP contribution in [0.4, 0.5) is 5.69 Å². The average molecular weight is 368 g/mol. The van der Waals surface area contributed by atoms with E-state index in [1.165, 1.54) is 0 Å². The van der Waals surface area contributed by atoms with Crippen LogP contribution in [0, 0.1) is 17.2 Å². The minimum absolute atomic E-state index is 0.0360. The Balaban J connectivity index is 1.98. The molecule has 0 aliphatic heterocycles. The van der Waals surface area contributed by atoms with Gasteiger partial charge in [-0.05, 0) is 37.1 Å². The van der Waals surface area contributed by atoms with Gasteiger partial charge < -0.3 is 20.4 Å². The summed E-state index contributed by atoms with van der Waals surface area (Å²) in [6, 6.07) is 12.6. The molecule has 1 aromatic heterocycles. The number of benzene rings is 1. The summed E-state index contributed by atoms with van der Waals surface area (Å²) in [6.07, 6.45) is 1.54. The number of carbonyl (C=O) groups excluding carboxylic acids is 2. The van der Waals surface area contributed by atoms with Gasteiger partial charge in [0.25, 0.3) is 5.91 Å². The van der Waals surface area contributed by atoms with Crippen molar-refractivity contribution in [1.29, 1.82) is 5.26 Å². The Morgan fingerprint density at radius 2 is 1.96 bits per heavy atom. The van der Waals surface area contributed by atoms with Crippen LogP contribution in [0.5, 0.6) is 0 Å². The lowest BCUT2D eigenvalue weighted by atomic mass is 9.90. The van der Waals surface area contributed by atoms with Crippen molar-refractivity contribution in [2.75, 3.05) is 11.9 Å². The van der Waals surface area contributed by atoms with Crippen LogP contribution in [0.15, 0.2) is 47.1 Å². The molecule has 2 rings (SSSR count). The van der Waals surface area contributed by atoms with E-state index < -0.39 is 5.54 Å². The monoisotopic (exact) mass is 368 g/mol. The number of anilines is 1. The molecule has 0 bridgehead atoms. The third-order valence-electron chi connectivity index (χ3n) is 4.40. The third kappa shape index (κ3) is 5.35. The molecule has 2 aromatic rings. The first-order valence-corrected chi connectivity index (χ1v) is 8.71. The lowest BCUT2D eigenvalue weighted by Crippen LogP contribution is -2.50. The minimum Gasteiger partial charge on any atom is -0.467 e. The first-order chi connectivity index (χ1) is 12.9. The van der Waals surface area contributed by atoms with Gasteiger partial charge in [-0.3, -0.25) is 9.59 Å². The number of rotatable bonds is 8. The highest BCUT2D eigenvalue weighted by Crippen LogP contribution is 2.17. The van der Waals surface area contributed by atoms with Gasteiger partial charge in [-0.25, -0.2) is 0 Å². The Hall–Kier alpha value is -3.27. The summed E-state index contributed by atoms with van der Waals surface area (Å²) in [7, 11) is 0. The number of nitriles is 1. The largest absolute Gasteiger partial charge is 0.467 e. The molecule has 1 aromatic carbocycles. The molecule has 3 N–H and O–H groups in total. The fraction of sp³-hybridized carbons (Fsp3) is 0.350. The van der Waals surface area contributed by atoms with Crippen molar-refractivity contribution < 1.29 is 14.0 Å². The van der Waals surface area contributed by atoms with Crippen molar-refractivity contribution in [3.8, 4) is 6.07 Å². The van der Waals surface area contributed by atoms with Crippen LogP contribution in [-0.4, -0.2) is 23.9 Å². The van der Waals surface area contributed by atoms with Crippen LogP contribution >= 0.6 is 0 Å². The molecule has 0 spiro atoms. The molecular weight excluding hydrogens is 344 g/mol. The maximum absolute atomic E-state index is 12.4. The fourth-order valence-corrected chi connectivity index (χ4v) is 2.32. The standard InChI is InChI=1S/C20H24N4O3/c1-14(2)20(3,13-21)24-18(25)12-22-17-9-5-4-8-16(17)19(26)23-11-15-7-6-10-27-15/h4-10,14,22H,11-12H2,1-3H3,(H,23,26)(H,24,25). The quantitative estimate of drug-likeness (QED) is 0.664. The topological polar surface area (TPSA) is 107 Å². The first kappa shape index (κ1) is 20.0. The molecule has 0 aliphatic carbocycles. The Morgan fingerprint density at radius 3 is 2.59 bits per heavy atom. The second-order valence-electron chi connectivity index (χ2n) is 6.68. The first-order valence-electron chi connectivity index (χ1n) is 8.71. The van der Waals surface area contributed by atoms with Gasteiger partial charge >= 0.3 is 0 Å². The van der Waals surface area contributed by atoms with Crippen LogP contribution in [0.25, 0.3) is 0 Å². The lowest BCUT2D eigenvalue weighted by Gasteiger charge is -2.27. The van der Waals surface area contributed by atoms with E-state index in [0.29, 0.717) is 17.0 Å². The number of para-hydroxylation sites is 1. The molecule has 7 heteroatoms. The predicted octanol–water partition coefficient (Wildman–Crippen LogP) is 2.68. The van der Waals surface area contributed by atoms with E-state index in [0.717, 1.165) is 0 Å². The normalized spacial score (nSPS) is 12.7. The number of hydrogen-bond donors (Lipinski definition) is 3. The molecule has 2 amide bonds. The molecule has 0 aliphatic rings. The second-order valence-corrected chi connectivity index (χ2v) is 6.68. The van der Waals surface area contributed by atoms with Crippen molar-refractivity contribution in [2.45, 2.75) is 32.9 Å². The Labute approximate surface area is 158 Å². The van der Waals surface area contributed by atoms with E-state index in [4.69, 9.17) is 4.42 Å². The van der Waals surface area contributed by atoms with Gasteiger partial charge in [0, 0.05) is 5.69 Å². The second kappa shape index (κ2) is 8.90. The average Bonchev–Trinajstić information content (AvgIpc) is 3.18. The zero-order valence-corrected chi connectivity index (χ0v) is 15.7. The molecule has 0 saturated carbocycles. The van der Waals surface area contributed by atoms with Gasteiger partial charge in [0.05, 0.1) is 31.0 Å². The maximum atomic E-state index is 12.4. The summed E-state index contributed by atoms with van der Waals surface area (Å²) in [4.78, 5) is 24.7. The van der Waals surface area contributed by atoms with Gasteiger partial charge in [0.1, 0.15) is 11.3 Å². The highest BCUT2D eigenvalue weighted by Gasteiger charge is 2.29. The summed E-state index contributed by atoms with van der Waals surface area (Å²) in [5.74, 6) is 0.0151. The predicted molar refractivity (Wildman–Crippen MR) is 102 cm³/mol. The van der Waals surface area contributed by atoms with Gasteiger partial charge in [-0.2, -0.15) is 5.26 Å². The van der Waals surface area contributed by atoms with E-state index >= 15 is 0 Å². The van der Waals surface area contributed by atoms with E-state index in [9.17, 15) is 14.9 Å². The van der Waals surface area contributed by atoms with Gasteiger partial charge in [0.15, 0.2) is 0 Å². The fourth-order valence-electron chi connectivity index (χ4n) is 2.32. The minimum atomic E-state index is -0.946. The van der Waals surface area contributed by atoms with E-state index in [1.807, 2.05) is 13.8 Å². The van der Waals surface area contributed by atoms with Crippen LogP contribution < -0.4 is 16.0 Å². The number of nitrogens with one attached hydrogen (secondary N) is 3. The van der Waals surface area contributed by atoms with E-state index in [2.05, 4.69) is 22.0 Å². The number of nitrogens with zero attached hydrogens (tertiary/aromatic N) is 1. The van der Waals surface area contributed by atoms with Crippen LogP contribution in [0.1, 0.15) is 36.9 Å². The molecule has 1 atom stereocenters. The number of hydrogen-bond acceptors (Lipinski definition) is 5. The molecule has 0 saturated heterocycles.